The molecule has 1 aliphatic rings. The Morgan fingerprint density at radius 1 is 1.35 bits per heavy atom. The molecule has 0 saturated carbocycles. The number of hydrogen-bond acceptors (Lipinski definition) is 3. The van der Waals surface area contributed by atoms with Crippen molar-refractivity contribution in [1.82, 2.24) is 4.90 Å². The maximum absolute atomic E-state index is 10.8. The average Bonchev–Trinajstić information content (AvgIpc) is 2.38. The lowest BCUT2D eigenvalue weighted by Gasteiger charge is -2.39. The summed E-state index contributed by atoms with van der Waals surface area (Å²) in [5.41, 5.74) is 1.62. The van der Waals surface area contributed by atoms with Gasteiger partial charge in [0.25, 0.3) is 0 Å². The Labute approximate surface area is 120 Å². The van der Waals surface area contributed by atoms with Gasteiger partial charge in [0.15, 0.2) is 0 Å². The first-order valence-electron chi connectivity index (χ1n) is 7.02. The van der Waals surface area contributed by atoms with Crippen LogP contribution >= 0.6 is 0 Å². The van der Waals surface area contributed by atoms with Gasteiger partial charge >= 0.3 is 5.97 Å². The van der Waals surface area contributed by atoms with Crippen molar-refractivity contribution in [3.05, 3.63) is 35.4 Å². The lowest BCUT2D eigenvalue weighted by Crippen LogP contribution is -2.47. The van der Waals surface area contributed by atoms with Crippen LogP contribution in [-0.2, 0) is 11.3 Å². The SMILES string of the molecule is CC(C)(C)C1CN(Cc2ccc(C(=O)O)cc2)CCO1. The van der Waals surface area contributed by atoms with Crippen molar-refractivity contribution < 1.29 is 14.6 Å². The molecule has 2 rings (SSSR count). The zero-order chi connectivity index (χ0) is 14.8. The highest BCUT2D eigenvalue weighted by Crippen LogP contribution is 2.26. The molecule has 4 heteroatoms. The molecule has 0 radical (unpaired) electrons. The van der Waals surface area contributed by atoms with Crippen LogP contribution in [0.4, 0.5) is 0 Å². The third-order valence-corrected chi connectivity index (χ3v) is 3.72. The van der Waals surface area contributed by atoms with Crippen molar-refractivity contribution in [2.45, 2.75) is 33.4 Å². The highest BCUT2D eigenvalue weighted by molar-refractivity contribution is 5.87. The molecule has 1 aromatic rings. The maximum atomic E-state index is 10.8. The summed E-state index contributed by atoms with van der Waals surface area (Å²) in [7, 11) is 0. The van der Waals surface area contributed by atoms with E-state index in [-0.39, 0.29) is 11.5 Å². The topological polar surface area (TPSA) is 49.8 Å². The predicted octanol–water partition coefficient (Wildman–Crippen LogP) is 2.63. The fourth-order valence-corrected chi connectivity index (χ4v) is 2.38. The van der Waals surface area contributed by atoms with E-state index in [4.69, 9.17) is 9.84 Å². The van der Waals surface area contributed by atoms with Crippen LogP contribution < -0.4 is 0 Å². The molecule has 0 spiro atoms. The molecule has 20 heavy (non-hydrogen) atoms. The van der Waals surface area contributed by atoms with E-state index in [0.29, 0.717) is 5.56 Å². The van der Waals surface area contributed by atoms with E-state index in [1.54, 1.807) is 12.1 Å². The van der Waals surface area contributed by atoms with Crippen LogP contribution in [0.25, 0.3) is 0 Å². The van der Waals surface area contributed by atoms with Crippen molar-refractivity contribution in [1.29, 1.82) is 0 Å². The van der Waals surface area contributed by atoms with Crippen LogP contribution in [0.2, 0.25) is 0 Å². The van der Waals surface area contributed by atoms with Gasteiger partial charge in [-0.2, -0.15) is 0 Å². The van der Waals surface area contributed by atoms with Gasteiger partial charge < -0.3 is 9.84 Å². The number of carbonyl (C=O) groups is 1. The van der Waals surface area contributed by atoms with Crippen molar-refractivity contribution in [3.63, 3.8) is 0 Å². The number of carboxylic acids is 1. The molecular weight excluding hydrogens is 254 g/mol. The standard InChI is InChI=1S/C16H23NO3/c1-16(2,3)14-11-17(8-9-20-14)10-12-4-6-13(7-5-12)15(18)19/h4-7,14H,8-11H2,1-3H3,(H,18,19). The Balaban J connectivity index is 1.97. The predicted molar refractivity (Wildman–Crippen MR) is 77.9 cm³/mol. The molecule has 110 valence electrons. The average molecular weight is 277 g/mol. The third kappa shape index (κ3) is 3.81. The van der Waals surface area contributed by atoms with E-state index < -0.39 is 5.97 Å². The van der Waals surface area contributed by atoms with Crippen molar-refractivity contribution in [2.24, 2.45) is 5.41 Å². The zero-order valence-corrected chi connectivity index (χ0v) is 12.4. The van der Waals surface area contributed by atoms with Gasteiger partial charge in [0, 0.05) is 19.6 Å². The van der Waals surface area contributed by atoms with Gasteiger partial charge in [0.2, 0.25) is 0 Å². The zero-order valence-electron chi connectivity index (χ0n) is 12.4. The number of carboxylic acid groups (broad SMARTS) is 1. The first kappa shape index (κ1) is 15.0. The lowest BCUT2D eigenvalue weighted by molar-refractivity contribution is -0.0816. The van der Waals surface area contributed by atoms with E-state index >= 15 is 0 Å². The van der Waals surface area contributed by atoms with Crippen LogP contribution in [0.1, 0.15) is 36.7 Å². The normalized spacial score (nSPS) is 20.9. The number of aromatic carboxylic acids is 1. The molecule has 1 unspecified atom stereocenters. The fourth-order valence-electron chi connectivity index (χ4n) is 2.38. The summed E-state index contributed by atoms with van der Waals surface area (Å²) in [5.74, 6) is -0.879. The molecule has 1 N–H and O–H groups in total. The van der Waals surface area contributed by atoms with E-state index in [9.17, 15) is 4.79 Å². The summed E-state index contributed by atoms with van der Waals surface area (Å²) < 4.78 is 5.84. The molecule has 1 aromatic carbocycles. The van der Waals surface area contributed by atoms with Gasteiger partial charge in [0.1, 0.15) is 0 Å². The second kappa shape index (κ2) is 5.94. The molecular formula is C16H23NO3. The summed E-state index contributed by atoms with van der Waals surface area (Å²) in [6, 6.07) is 7.12. The molecule has 1 saturated heterocycles. The van der Waals surface area contributed by atoms with Gasteiger partial charge in [0.05, 0.1) is 18.3 Å². The molecule has 1 heterocycles. The molecule has 0 amide bonds. The third-order valence-electron chi connectivity index (χ3n) is 3.72. The Morgan fingerprint density at radius 3 is 2.55 bits per heavy atom. The van der Waals surface area contributed by atoms with Crippen LogP contribution in [0.5, 0.6) is 0 Å². The Morgan fingerprint density at radius 2 is 2.00 bits per heavy atom. The van der Waals surface area contributed by atoms with Crippen molar-refractivity contribution >= 4 is 5.97 Å². The fraction of sp³-hybridized carbons (Fsp3) is 0.562. The molecule has 1 aliphatic heterocycles. The number of morpholine rings is 1. The number of ether oxygens (including phenoxy) is 1. The monoisotopic (exact) mass is 277 g/mol. The minimum atomic E-state index is -0.879. The summed E-state index contributed by atoms with van der Waals surface area (Å²) in [6.45, 7) is 10.0. The second-order valence-corrected chi connectivity index (χ2v) is 6.46. The Hall–Kier alpha value is -1.39. The van der Waals surface area contributed by atoms with Crippen molar-refractivity contribution in [3.8, 4) is 0 Å². The summed E-state index contributed by atoms with van der Waals surface area (Å²) in [6.07, 6.45) is 0.245. The van der Waals surface area contributed by atoms with E-state index in [1.807, 2.05) is 12.1 Å². The Kier molecular flexibility index (Phi) is 4.45. The minimum absolute atomic E-state index is 0.145. The number of nitrogens with zero attached hydrogens (tertiary/aromatic N) is 1. The molecule has 0 aliphatic carbocycles. The molecule has 0 bridgehead atoms. The van der Waals surface area contributed by atoms with Crippen LogP contribution in [-0.4, -0.2) is 41.8 Å². The quantitative estimate of drug-likeness (QED) is 0.922. The lowest BCUT2D eigenvalue weighted by atomic mass is 9.88. The highest BCUT2D eigenvalue weighted by Gasteiger charge is 2.30. The van der Waals surface area contributed by atoms with E-state index in [1.165, 1.54) is 0 Å². The first-order valence-corrected chi connectivity index (χ1v) is 7.02. The van der Waals surface area contributed by atoms with Gasteiger partial charge in [-0.05, 0) is 23.1 Å². The van der Waals surface area contributed by atoms with Crippen LogP contribution in [0.15, 0.2) is 24.3 Å². The summed E-state index contributed by atoms with van der Waals surface area (Å²) >= 11 is 0. The van der Waals surface area contributed by atoms with Gasteiger partial charge in [-0.1, -0.05) is 32.9 Å². The van der Waals surface area contributed by atoms with Crippen LogP contribution in [0, 0.1) is 5.41 Å². The smallest absolute Gasteiger partial charge is 0.335 e. The van der Waals surface area contributed by atoms with E-state index in [0.717, 1.165) is 31.8 Å². The Bertz CT molecular complexity index is 462. The van der Waals surface area contributed by atoms with Gasteiger partial charge in [-0.25, -0.2) is 4.79 Å². The molecule has 4 nitrogen and oxygen atoms in total. The molecule has 1 fully saturated rings. The molecule has 1 atom stereocenters. The highest BCUT2D eigenvalue weighted by atomic mass is 16.5. The van der Waals surface area contributed by atoms with Gasteiger partial charge in [-0.3, -0.25) is 4.90 Å². The first-order chi connectivity index (χ1) is 9.36. The van der Waals surface area contributed by atoms with Gasteiger partial charge in [-0.15, -0.1) is 0 Å². The second-order valence-electron chi connectivity index (χ2n) is 6.46. The number of rotatable bonds is 3. The van der Waals surface area contributed by atoms with Crippen LogP contribution in [0.3, 0.4) is 0 Å². The number of benzene rings is 1. The maximum Gasteiger partial charge on any atom is 0.335 e. The minimum Gasteiger partial charge on any atom is -0.478 e. The van der Waals surface area contributed by atoms with E-state index in [2.05, 4.69) is 25.7 Å². The summed E-state index contributed by atoms with van der Waals surface area (Å²) in [4.78, 5) is 13.2. The number of hydrogen-bond donors (Lipinski definition) is 1. The van der Waals surface area contributed by atoms with Crippen molar-refractivity contribution in [2.75, 3.05) is 19.7 Å². The molecule has 0 aromatic heterocycles. The summed E-state index contributed by atoms with van der Waals surface area (Å²) in [5, 5.41) is 8.89. The largest absolute Gasteiger partial charge is 0.478 e.